The summed E-state index contributed by atoms with van der Waals surface area (Å²) < 4.78 is 66.0. The van der Waals surface area contributed by atoms with Crippen molar-refractivity contribution in [1.82, 2.24) is 4.41 Å². The van der Waals surface area contributed by atoms with Crippen LogP contribution in [-0.2, 0) is 20.0 Å². The molecule has 0 aliphatic carbocycles. The number of hydrogen-bond donors (Lipinski definition) is 1. The Balaban J connectivity index is 1.80. The van der Waals surface area contributed by atoms with E-state index in [2.05, 4.69) is 9.82 Å². The molecule has 9 nitrogen and oxygen atoms in total. The lowest BCUT2D eigenvalue weighted by Gasteiger charge is -2.23. The second-order valence-electron chi connectivity index (χ2n) is 8.04. The summed E-state index contributed by atoms with van der Waals surface area (Å²) in [6.45, 7) is 1.54. The summed E-state index contributed by atoms with van der Waals surface area (Å²) in [5, 5.41) is 4.53. The molecule has 3 aromatic rings. The zero-order valence-corrected chi connectivity index (χ0v) is 21.7. The topological polar surface area (TPSA) is 114 Å². The third kappa shape index (κ3) is 5.17. The van der Waals surface area contributed by atoms with E-state index in [1.165, 1.54) is 19.2 Å². The molecule has 0 spiro atoms. The Morgan fingerprint density at radius 3 is 2.06 bits per heavy atom. The second kappa shape index (κ2) is 10.2. The van der Waals surface area contributed by atoms with E-state index < -0.39 is 26.1 Å². The van der Waals surface area contributed by atoms with Crippen LogP contribution in [0.3, 0.4) is 0 Å². The Labute approximate surface area is 211 Å². The van der Waals surface area contributed by atoms with Crippen LogP contribution >= 0.6 is 0 Å². The van der Waals surface area contributed by atoms with Gasteiger partial charge in [-0.25, -0.2) is 8.42 Å². The molecule has 0 radical (unpaired) electrons. The van der Waals surface area contributed by atoms with E-state index in [0.29, 0.717) is 28.5 Å². The molecular formula is C25H27N3O6S2. The van der Waals surface area contributed by atoms with Gasteiger partial charge in [0.1, 0.15) is 11.5 Å². The lowest BCUT2D eigenvalue weighted by Crippen LogP contribution is -2.27. The van der Waals surface area contributed by atoms with E-state index in [1.807, 2.05) is 0 Å². The van der Waals surface area contributed by atoms with Crippen LogP contribution in [0.5, 0.6) is 11.5 Å². The van der Waals surface area contributed by atoms with E-state index in [1.54, 1.807) is 74.7 Å². The quantitative estimate of drug-likeness (QED) is 0.448. The monoisotopic (exact) mass is 529 g/mol. The third-order valence-electron chi connectivity index (χ3n) is 5.86. The number of hydrogen-bond acceptors (Lipinski definition) is 7. The molecule has 0 saturated carbocycles. The molecule has 1 heterocycles. The van der Waals surface area contributed by atoms with Crippen LogP contribution in [0, 0.1) is 0 Å². The number of ether oxygens (including phenoxy) is 2. The molecule has 0 bridgehead atoms. The molecule has 0 fully saturated rings. The molecule has 36 heavy (non-hydrogen) atoms. The molecule has 0 aromatic heterocycles. The summed E-state index contributed by atoms with van der Waals surface area (Å²) in [6.07, 6.45) is 0.243. The Morgan fingerprint density at radius 1 is 0.889 bits per heavy atom. The van der Waals surface area contributed by atoms with Crippen molar-refractivity contribution in [3.63, 3.8) is 0 Å². The van der Waals surface area contributed by atoms with Gasteiger partial charge in [0.2, 0.25) is 10.0 Å². The van der Waals surface area contributed by atoms with Crippen molar-refractivity contribution in [1.29, 1.82) is 0 Å². The van der Waals surface area contributed by atoms with E-state index in [-0.39, 0.29) is 17.1 Å². The fourth-order valence-corrected chi connectivity index (χ4v) is 5.96. The van der Waals surface area contributed by atoms with Gasteiger partial charge in [0.05, 0.1) is 42.3 Å². The fourth-order valence-electron chi connectivity index (χ4n) is 3.87. The SMILES string of the molecule is CCS(=O)(=O)Nc1ccccc1C1=NN(S(=O)(=O)c2ccc(OC)cc2)[C@@H](c2ccc(OC)cc2)C1. The normalized spacial score (nSPS) is 15.9. The highest BCUT2D eigenvalue weighted by Crippen LogP contribution is 2.39. The second-order valence-corrected chi connectivity index (χ2v) is 11.9. The minimum atomic E-state index is -4.05. The highest BCUT2D eigenvalue weighted by atomic mass is 32.2. The van der Waals surface area contributed by atoms with Crippen molar-refractivity contribution in [2.75, 3.05) is 24.7 Å². The first-order valence-corrected chi connectivity index (χ1v) is 14.3. The maximum atomic E-state index is 13.7. The summed E-state index contributed by atoms with van der Waals surface area (Å²) in [4.78, 5) is 0.0618. The third-order valence-corrected chi connectivity index (χ3v) is 8.85. The minimum absolute atomic E-state index is 0.0618. The van der Waals surface area contributed by atoms with Crippen LogP contribution in [0.4, 0.5) is 5.69 Å². The smallest absolute Gasteiger partial charge is 0.279 e. The molecule has 0 amide bonds. The number of anilines is 1. The number of sulfonamides is 2. The molecule has 0 saturated heterocycles. The molecule has 1 aliphatic heterocycles. The van der Waals surface area contributed by atoms with Crippen LogP contribution in [0.2, 0.25) is 0 Å². The fraction of sp³-hybridized carbons (Fsp3) is 0.240. The maximum absolute atomic E-state index is 13.7. The van der Waals surface area contributed by atoms with Crippen molar-refractivity contribution in [2.24, 2.45) is 5.10 Å². The van der Waals surface area contributed by atoms with Gasteiger partial charge in [0.15, 0.2) is 0 Å². The molecule has 4 rings (SSSR count). The minimum Gasteiger partial charge on any atom is -0.497 e. The van der Waals surface area contributed by atoms with Gasteiger partial charge in [-0.15, -0.1) is 0 Å². The molecule has 1 atom stereocenters. The van der Waals surface area contributed by atoms with Crippen LogP contribution < -0.4 is 14.2 Å². The number of benzene rings is 3. The lowest BCUT2D eigenvalue weighted by atomic mass is 9.98. The Kier molecular flexibility index (Phi) is 7.23. The number of para-hydroxylation sites is 1. The van der Waals surface area contributed by atoms with Gasteiger partial charge in [-0.3, -0.25) is 4.72 Å². The van der Waals surface area contributed by atoms with Gasteiger partial charge >= 0.3 is 0 Å². The first-order valence-electron chi connectivity index (χ1n) is 11.2. The van der Waals surface area contributed by atoms with E-state index >= 15 is 0 Å². The maximum Gasteiger partial charge on any atom is 0.279 e. The highest BCUT2D eigenvalue weighted by molar-refractivity contribution is 7.92. The first kappa shape index (κ1) is 25.5. The average Bonchev–Trinajstić information content (AvgIpc) is 3.35. The largest absolute Gasteiger partial charge is 0.497 e. The Morgan fingerprint density at radius 2 is 1.47 bits per heavy atom. The summed E-state index contributed by atoms with van der Waals surface area (Å²) in [6, 6.07) is 19.4. The van der Waals surface area contributed by atoms with Crippen molar-refractivity contribution in [3.8, 4) is 11.5 Å². The van der Waals surface area contributed by atoms with Crippen molar-refractivity contribution in [3.05, 3.63) is 83.9 Å². The summed E-state index contributed by atoms with van der Waals surface area (Å²) in [5.74, 6) is 1.07. The average molecular weight is 530 g/mol. The molecule has 1 aliphatic rings. The summed E-state index contributed by atoms with van der Waals surface area (Å²) in [7, 11) is -4.54. The van der Waals surface area contributed by atoms with Gasteiger partial charge in [-0.1, -0.05) is 30.3 Å². The number of hydrazone groups is 1. The first-order chi connectivity index (χ1) is 17.2. The van der Waals surface area contributed by atoms with Gasteiger partial charge in [0.25, 0.3) is 10.0 Å². The molecule has 0 unspecified atom stereocenters. The van der Waals surface area contributed by atoms with Crippen molar-refractivity contribution in [2.45, 2.75) is 24.3 Å². The van der Waals surface area contributed by atoms with Gasteiger partial charge in [-0.2, -0.15) is 17.9 Å². The zero-order chi connectivity index (χ0) is 25.9. The van der Waals surface area contributed by atoms with E-state index in [4.69, 9.17) is 9.47 Å². The van der Waals surface area contributed by atoms with Gasteiger partial charge in [-0.05, 0) is 55.0 Å². The van der Waals surface area contributed by atoms with Crippen molar-refractivity contribution < 1.29 is 26.3 Å². The lowest BCUT2D eigenvalue weighted by molar-refractivity contribution is 0.370. The van der Waals surface area contributed by atoms with Gasteiger partial charge in [0, 0.05) is 12.0 Å². The highest BCUT2D eigenvalue weighted by Gasteiger charge is 2.38. The van der Waals surface area contributed by atoms with Gasteiger partial charge < -0.3 is 9.47 Å². The summed E-state index contributed by atoms with van der Waals surface area (Å²) >= 11 is 0. The predicted octanol–water partition coefficient (Wildman–Crippen LogP) is 4.01. The zero-order valence-electron chi connectivity index (χ0n) is 20.1. The molecule has 3 aromatic carbocycles. The van der Waals surface area contributed by atoms with Crippen molar-refractivity contribution >= 4 is 31.4 Å². The Bertz CT molecular complexity index is 1470. The van der Waals surface area contributed by atoms with Crippen LogP contribution in [0.1, 0.15) is 30.5 Å². The number of methoxy groups -OCH3 is 2. The summed E-state index contributed by atoms with van der Waals surface area (Å²) in [5.41, 5.74) is 2.02. The van der Waals surface area contributed by atoms with Crippen LogP contribution in [0.15, 0.2) is 82.8 Å². The standard InChI is InChI=1S/C25H27N3O6S2/c1-4-35(29,30)27-23-8-6-5-7-22(23)24-17-25(18-9-11-19(33-2)12-10-18)28(26-24)36(31,32)21-15-13-20(34-3)14-16-21/h5-16,25,27H,4,17H2,1-3H3/t25-/m1/s1. The van der Waals surface area contributed by atoms with E-state index in [9.17, 15) is 16.8 Å². The number of nitrogens with zero attached hydrogens (tertiary/aromatic N) is 2. The number of rotatable bonds is 9. The molecular weight excluding hydrogens is 502 g/mol. The number of nitrogens with one attached hydrogen (secondary N) is 1. The Hall–Kier alpha value is -3.57. The predicted molar refractivity (Wildman–Crippen MR) is 138 cm³/mol. The molecule has 190 valence electrons. The van der Waals surface area contributed by atoms with E-state index in [0.717, 1.165) is 9.98 Å². The molecule has 11 heteroatoms. The van der Waals surface area contributed by atoms with Crippen LogP contribution in [-0.4, -0.2) is 46.9 Å². The van der Waals surface area contributed by atoms with Crippen LogP contribution in [0.25, 0.3) is 0 Å². The molecule has 1 N–H and O–H groups in total.